The number of hydrogen-bond acceptors (Lipinski definition) is 6. The maximum atomic E-state index is 15.3. The summed E-state index contributed by atoms with van der Waals surface area (Å²) in [5.74, 6) is -0.0111. The average Bonchev–Trinajstić information content (AvgIpc) is 2.95. The standard InChI is InChI=1S/C33H35FN6O2/c1-7-35-16-21-11-12-29(36-17-21)38-27-14-23(19-39(6)31(27)41)25-9-8-10-28(20(25)2)40-32(42)30-22(18-37-40)13-24(15-26(30)34)33(3,4)5/h8-15,17-19,35H,7,16H2,1-6H3,(H,36,38). The van der Waals surface area contributed by atoms with Crippen molar-refractivity contribution < 1.29 is 4.39 Å². The molecule has 9 heteroatoms. The van der Waals surface area contributed by atoms with Crippen molar-refractivity contribution in [2.45, 2.75) is 46.6 Å². The molecule has 3 aromatic heterocycles. The van der Waals surface area contributed by atoms with Gasteiger partial charge < -0.3 is 15.2 Å². The number of anilines is 2. The molecule has 0 fully saturated rings. The van der Waals surface area contributed by atoms with E-state index in [1.54, 1.807) is 31.6 Å². The molecule has 5 aromatic rings. The van der Waals surface area contributed by atoms with E-state index in [-0.39, 0.29) is 16.4 Å². The van der Waals surface area contributed by atoms with Gasteiger partial charge in [-0.2, -0.15) is 9.78 Å². The molecular formula is C33H35FN6O2. The van der Waals surface area contributed by atoms with Crippen LogP contribution in [0.25, 0.3) is 27.6 Å². The highest BCUT2D eigenvalue weighted by atomic mass is 19.1. The molecule has 3 heterocycles. The van der Waals surface area contributed by atoms with Gasteiger partial charge in [-0.05, 0) is 71.5 Å². The molecule has 2 N–H and O–H groups in total. The van der Waals surface area contributed by atoms with E-state index < -0.39 is 11.4 Å². The number of pyridine rings is 2. The second-order valence-corrected chi connectivity index (χ2v) is 11.5. The number of fused-ring (bicyclic) bond motifs is 1. The average molecular weight is 567 g/mol. The molecule has 5 rings (SSSR count). The topological polar surface area (TPSA) is 93.8 Å². The van der Waals surface area contributed by atoms with Crippen molar-refractivity contribution in [3.05, 3.63) is 110 Å². The van der Waals surface area contributed by atoms with E-state index in [0.29, 0.717) is 22.6 Å². The fourth-order valence-corrected chi connectivity index (χ4v) is 4.96. The summed E-state index contributed by atoms with van der Waals surface area (Å²) in [5, 5.41) is 11.3. The predicted octanol–water partition coefficient (Wildman–Crippen LogP) is 5.74. The highest BCUT2D eigenvalue weighted by Crippen LogP contribution is 2.30. The lowest BCUT2D eigenvalue weighted by atomic mass is 9.86. The van der Waals surface area contributed by atoms with Gasteiger partial charge in [0.15, 0.2) is 0 Å². The van der Waals surface area contributed by atoms with Gasteiger partial charge in [0, 0.05) is 36.9 Å². The first-order valence-electron chi connectivity index (χ1n) is 13.9. The highest BCUT2D eigenvalue weighted by Gasteiger charge is 2.20. The molecule has 0 spiro atoms. The van der Waals surface area contributed by atoms with Gasteiger partial charge in [0.05, 0.1) is 17.3 Å². The molecule has 216 valence electrons. The minimum Gasteiger partial charge on any atom is -0.336 e. The summed E-state index contributed by atoms with van der Waals surface area (Å²) in [5.41, 5.74) is 4.05. The van der Waals surface area contributed by atoms with Crippen molar-refractivity contribution >= 4 is 22.3 Å². The molecule has 2 aromatic carbocycles. The Bertz CT molecular complexity index is 1900. The fourth-order valence-electron chi connectivity index (χ4n) is 4.96. The maximum Gasteiger partial charge on any atom is 0.282 e. The van der Waals surface area contributed by atoms with Gasteiger partial charge in [-0.25, -0.2) is 9.37 Å². The van der Waals surface area contributed by atoms with Crippen molar-refractivity contribution in [1.82, 2.24) is 24.6 Å². The Balaban J connectivity index is 1.55. The Labute approximate surface area is 243 Å². The lowest BCUT2D eigenvalue weighted by Crippen LogP contribution is -2.23. The smallest absolute Gasteiger partial charge is 0.282 e. The van der Waals surface area contributed by atoms with Crippen molar-refractivity contribution in [2.75, 3.05) is 11.9 Å². The fraction of sp³-hybridized carbons (Fsp3) is 0.273. The summed E-state index contributed by atoms with van der Waals surface area (Å²) in [6.07, 6.45) is 5.05. The van der Waals surface area contributed by atoms with Crippen LogP contribution >= 0.6 is 0 Å². The molecule has 0 unspecified atom stereocenters. The first-order chi connectivity index (χ1) is 20.0. The number of nitrogens with zero attached hydrogens (tertiary/aromatic N) is 4. The molecule has 0 amide bonds. The molecule has 0 radical (unpaired) electrons. The number of halogens is 1. The van der Waals surface area contributed by atoms with Crippen molar-refractivity contribution in [1.29, 1.82) is 0 Å². The number of rotatable bonds is 7. The van der Waals surface area contributed by atoms with Crippen LogP contribution in [0.4, 0.5) is 15.9 Å². The maximum absolute atomic E-state index is 15.3. The van der Waals surface area contributed by atoms with Crippen LogP contribution in [-0.4, -0.2) is 25.9 Å². The molecule has 0 bridgehead atoms. The first-order valence-corrected chi connectivity index (χ1v) is 13.9. The molecule has 0 aliphatic heterocycles. The van der Waals surface area contributed by atoms with Gasteiger partial charge in [0.2, 0.25) is 0 Å². The SMILES string of the molecule is CCNCc1ccc(Nc2cc(-c3cccc(-n4ncc5cc(C(C)(C)C)cc(F)c5c4=O)c3C)cn(C)c2=O)nc1. The summed E-state index contributed by atoms with van der Waals surface area (Å²) in [6, 6.07) is 14.3. The Hall–Kier alpha value is -4.63. The van der Waals surface area contributed by atoms with E-state index in [4.69, 9.17) is 0 Å². The second kappa shape index (κ2) is 11.3. The van der Waals surface area contributed by atoms with E-state index in [0.717, 1.165) is 40.9 Å². The summed E-state index contributed by atoms with van der Waals surface area (Å²) in [4.78, 5) is 31.0. The first kappa shape index (κ1) is 28.9. The van der Waals surface area contributed by atoms with Gasteiger partial charge in [-0.15, -0.1) is 0 Å². The van der Waals surface area contributed by atoms with Gasteiger partial charge in [-0.1, -0.05) is 45.9 Å². The van der Waals surface area contributed by atoms with Crippen LogP contribution in [0.5, 0.6) is 0 Å². The van der Waals surface area contributed by atoms with Gasteiger partial charge in [0.25, 0.3) is 11.1 Å². The number of aryl methyl sites for hydroxylation is 1. The number of benzene rings is 2. The minimum absolute atomic E-state index is 0.000362. The zero-order valence-electron chi connectivity index (χ0n) is 24.7. The van der Waals surface area contributed by atoms with Crippen LogP contribution in [0.1, 0.15) is 44.4 Å². The monoisotopic (exact) mass is 566 g/mol. The summed E-state index contributed by atoms with van der Waals surface area (Å²) < 4.78 is 18.0. The summed E-state index contributed by atoms with van der Waals surface area (Å²) >= 11 is 0. The molecule has 0 saturated carbocycles. The number of hydrogen-bond donors (Lipinski definition) is 2. The van der Waals surface area contributed by atoms with Crippen LogP contribution in [0, 0.1) is 12.7 Å². The molecule has 0 aliphatic rings. The lowest BCUT2D eigenvalue weighted by Gasteiger charge is -2.20. The van der Waals surface area contributed by atoms with Crippen LogP contribution in [0.3, 0.4) is 0 Å². The van der Waals surface area contributed by atoms with Crippen molar-refractivity contribution in [2.24, 2.45) is 7.05 Å². The van der Waals surface area contributed by atoms with Crippen LogP contribution < -0.4 is 21.8 Å². The van der Waals surface area contributed by atoms with E-state index >= 15 is 4.39 Å². The van der Waals surface area contributed by atoms with Gasteiger partial charge in [0.1, 0.15) is 17.3 Å². The Morgan fingerprint density at radius 3 is 2.48 bits per heavy atom. The van der Waals surface area contributed by atoms with E-state index in [9.17, 15) is 9.59 Å². The van der Waals surface area contributed by atoms with Crippen molar-refractivity contribution in [3.63, 3.8) is 0 Å². The Morgan fingerprint density at radius 2 is 1.79 bits per heavy atom. The molecular weight excluding hydrogens is 531 g/mol. The quantitative estimate of drug-likeness (QED) is 0.261. The number of aromatic nitrogens is 4. The van der Waals surface area contributed by atoms with E-state index in [1.807, 2.05) is 65.0 Å². The summed E-state index contributed by atoms with van der Waals surface area (Å²) in [7, 11) is 1.69. The third-order valence-corrected chi connectivity index (χ3v) is 7.40. The Kier molecular flexibility index (Phi) is 7.79. The zero-order valence-corrected chi connectivity index (χ0v) is 24.7. The van der Waals surface area contributed by atoms with Crippen molar-refractivity contribution in [3.8, 4) is 16.8 Å². The largest absolute Gasteiger partial charge is 0.336 e. The molecule has 0 aliphatic carbocycles. The third kappa shape index (κ3) is 5.60. The Morgan fingerprint density at radius 1 is 1.00 bits per heavy atom. The van der Waals surface area contributed by atoms with Crippen LogP contribution in [0.15, 0.2) is 76.7 Å². The van der Waals surface area contributed by atoms with E-state index in [2.05, 4.69) is 20.7 Å². The molecule has 0 saturated heterocycles. The van der Waals surface area contributed by atoms with Gasteiger partial charge in [-0.3, -0.25) is 9.59 Å². The molecule has 0 atom stereocenters. The van der Waals surface area contributed by atoms with Crippen LogP contribution in [0.2, 0.25) is 0 Å². The second-order valence-electron chi connectivity index (χ2n) is 11.5. The lowest BCUT2D eigenvalue weighted by molar-refractivity contribution is 0.576. The normalized spacial score (nSPS) is 11.7. The molecule has 8 nitrogen and oxygen atoms in total. The minimum atomic E-state index is -0.565. The highest BCUT2D eigenvalue weighted by molar-refractivity contribution is 5.83. The zero-order chi connectivity index (χ0) is 30.2. The van der Waals surface area contributed by atoms with E-state index in [1.165, 1.54) is 21.5 Å². The number of nitrogens with one attached hydrogen (secondary N) is 2. The van der Waals surface area contributed by atoms with Gasteiger partial charge >= 0.3 is 0 Å². The molecule has 42 heavy (non-hydrogen) atoms. The predicted molar refractivity (Wildman–Crippen MR) is 166 cm³/mol. The third-order valence-electron chi connectivity index (χ3n) is 7.40. The van der Waals surface area contributed by atoms with Crippen LogP contribution in [-0.2, 0) is 19.0 Å². The summed E-state index contributed by atoms with van der Waals surface area (Å²) in [6.45, 7) is 11.5.